The van der Waals surface area contributed by atoms with Crippen LogP contribution in [0.1, 0.15) is 12.5 Å². The third-order valence-electron chi connectivity index (χ3n) is 3.30. The van der Waals surface area contributed by atoms with Crippen LogP contribution in [-0.2, 0) is 16.1 Å². The van der Waals surface area contributed by atoms with E-state index >= 15 is 0 Å². The number of amides is 1. The first-order chi connectivity index (χ1) is 9.63. The van der Waals surface area contributed by atoms with E-state index in [-0.39, 0.29) is 5.91 Å². The highest BCUT2D eigenvalue weighted by Gasteiger charge is 2.10. The second-order valence-electron chi connectivity index (χ2n) is 4.64. The zero-order chi connectivity index (χ0) is 14.5. The molecule has 20 heavy (non-hydrogen) atoms. The monoisotopic (exact) mass is 273 g/mol. The number of carbonyl (C=O) groups excluding carboxylic acids is 1. The molecule has 0 heterocycles. The number of nitrogens with one attached hydrogen (secondary N) is 1. The number of hydrogen-bond donors (Lipinski definition) is 1. The van der Waals surface area contributed by atoms with Crippen molar-refractivity contribution >= 4 is 16.7 Å². The molecule has 1 N–H and O–H groups in total. The van der Waals surface area contributed by atoms with Gasteiger partial charge in [-0.3, -0.25) is 4.79 Å². The first-order valence-corrected chi connectivity index (χ1v) is 6.51. The van der Waals surface area contributed by atoms with Crippen LogP contribution in [0.4, 0.5) is 0 Å². The van der Waals surface area contributed by atoms with Crippen molar-refractivity contribution in [3.05, 3.63) is 42.0 Å². The summed E-state index contributed by atoms with van der Waals surface area (Å²) in [6.07, 6.45) is -0.431. The van der Waals surface area contributed by atoms with E-state index in [0.717, 1.165) is 22.1 Å². The second kappa shape index (κ2) is 6.39. The standard InChI is InChI=1S/C16H19NO3/c1-11(19-2)16(18)17-10-12-4-5-14-9-15(20-3)7-6-13(14)8-12/h4-9,11H,10H2,1-3H3,(H,17,18). The maximum absolute atomic E-state index is 11.6. The molecule has 1 atom stereocenters. The highest BCUT2D eigenvalue weighted by molar-refractivity contribution is 5.85. The van der Waals surface area contributed by atoms with Gasteiger partial charge in [-0.25, -0.2) is 0 Å². The highest BCUT2D eigenvalue weighted by Crippen LogP contribution is 2.21. The number of hydrogen-bond acceptors (Lipinski definition) is 3. The molecule has 4 nitrogen and oxygen atoms in total. The summed E-state index contributed by atoms with van der Waals surface area (Å²) in [5, 5.41) is 5.09. The fraction of sp³-hybridized carbons (Fsp3) is 0.312. The normalized spacial score (nSPS) is 12.2. The molecular formula is C16H19NO3. The fourth-order valence-corrected chi connectivity index (χ4v) is 1.95. The number of rotatable bonds is 5. The Labute approximate surface area is 118 Å². The summed E-state index contributed by atoms with van der Waals surface area (Å²) in [6.45, 7) is 2.22. The maximum atomic E-state index is 11.6. The minimum absolute atomic E-state index is 0.109. The van der Waals surface area contributed by atoms with Crippen LogP contribution in [0.15, 0.2) is 36.4 Å². The van der Waals surface area contributed by atoms with Crippen molar-refractivity contribution in [1.82, 2.24) is 5.32 Å². The SMILES string of the molecule is COc1ccc2cc(CNC(=O)C(C)OC)ccc2c1. The Bertz CT molecular complexity index is 610. The van der Waals surface area contributed by atoms with E-state index in [1.807, 2.05) is 30.3 Å². The maximum Gasteiger partial charge on any atom is 0.249 e. The smallest absolute Gasteiger partial charge is 0.249 e. The topological polar surface area (TPSA) is 47.6 Å². The molecular weight excluding hydrogens is 254 g/mol. The Morgan fingerprint density at radius 2 is 1.85 bits per heavy atom. The third-order valence-corrected chi connectivity index (χ3v) is 3.30. The lowest BCUT2D eigenvalue weighted by Crippen LogP contribution is -2.33. The molecule has 0 fully saturated rings. The van der Waals surface area contributed by atoms with E-state index in [4.69, 9.17) is 9.47 Å². The summed E-state index contributed by atoms with van der Waals surface area (Å²) in [5.74, 6) is 0.731. The van der Waals surface area contributed by atoms with Crippen molar-refractivity contribution in [3.8, 4) is 5.75 Å². The predicted molar refractivity (Wildman–Crippen MR) is 78.8 cm³/mol. The first-order valence-electron chi connectivity index (χ1n) is 6.51. The lowest BCUT2D eigenvalue weighted by Gasteiger charge is -2.11. The fourth-order valence-electron chi connectivity index (χ4n) is 1.95. The number of carbonyl (C=O) groups is 1. The van der Waals surface area contributed by atoms with Crippen molar-refractivity contribution in [2.45, 2.75) is 19.6 Å². The molecule has 4 heteroatoms. The van der Waals surface area contributed by atoms with Gasteiger partial charge in [0.25, 0.3) is 0 Å². The Morgan fingerprint density at radius 3 is 2.55 bits per heavy atom. The molecule has 0 aromatic heterocycles. The molecule has 0 saturated carbocycles. The van der Waals surface area contributed by atoms with Gasteiger partial charge < -0.3 is 14.8 Å². The van der Waals surface area contributed by atoms with Gasteiger partial charge >= 0.3 is 0 Å². The number of ether oxygens (including phenoxy) is 2. The molecule has 0 aliphatic rings. The average Bonchev–Trinajstić information content (AvgIpc) is 2.50. The largest absolute Gasteiger partial charge is 0.497 e. The number of benzene rings is 2. The summed E-state index contributed by atoms with van der Waals surface area (Å²) < 4.78 is 10.2. The van der Waals surface area contributed by atoms with Gasteiger partial charge in [-0.05, 0) is 41.5 Å². The summed E-state index contributed by atoms with van der Waals surface area (Å²) in [4.78, 5) is 11.6. The summed E-state index contributed by atoms with van der Waals surface area (Å²) >= 11 is 0. The van der Waals surface area contributed by atoms with Crippen LogP contribution >= 0.6 is 0 Å². The predicted octanol–water partition coefficient (Wildman–Crippen LogP) is 2.50. The molecule has 2 rings (SSSR count). The molecule has 0 saturated heterocycles. The third kappa shape index (κ3) is 3.27. The average molecular weight is 273 g/mol. The first kappa shape index (κ1) is 14.3. The van der Waals surface area contributed by atoms with Crippen LogP contribution < -0.4 is 10.1 Å². The minimum Gasteiger partial charge on any atom is -0.497 e. The molecule has 1 amide bonds. The number of fused-ring (bicyclic) bond motifs is 1. The van der Waals surface area contributed by atoms with E-state index in [2.05, 4.69) is 11.4 Å². The van der Waals surface area contributed by atoms with Crippen molar-refractivity contribution in [3.63, 3.8) is 0 Å². The molecule has 0 aliphatic heterocycles. The molecule has 0 spiro atoms. The number of methoxy groups -OCH3 is 2. The molecule has 1 unspecified atom stereocenters. The van der Waals surface area contributed by atoms with Gasteiger partial charge in [0.15, 0.2) is 0 Å². The van der Waals surface area contributed by atoms with E-state index < -0.39 is 6.10 Å². The highest BCUT2D eigenvalue weighted by atomic mass is 16.5. The summed E-state index contributed by atoms with van der Waals surface area (Å²) in [5.41, 5.74) is 1.05. The van der Waals surface area contributed by atoms with E-state index in [0.29, 0.717) is 6.54 Å². The van der Waals surface area contributed by atoms with Gasteiger partial charge in [-0.2, -0.15) is 0 Å². The molecule has 0 radical (unpaired) electrons. The van der Waals surface area contributed by atoms with Crippen molar-refractivity contribution in [2.24, 2.45) is 0 Å². The zero-order valence-corrected chi connectivity index (χ0v) is 12.0. The van der Waals surface area contributed by atoms with Gasteiger partial charge in [0, 0.05) is 13.7 Å². The van der Waals surface area contributed by atoms with Gasteiger partial charge in [-0.15, -0.1) is 0 Å². The molecule has 0 bridgehead atoms. The quantitative estimate of drug-likeness (QED) is 0.910. The van der Waals surface area contributed by atoms with Gasteiger partial charge in [0.2, 0.25) is 5.91 Å². The van der Waals surface area contributed by atoms with E-state index in [9.17, 15) is 4.79 Å². The second-order valence-corrected chi connectivity index (χ2v) is 4.64. The van der Waals surface area contributed by atoms with Gasteiger partial charge in [0.05, 0.1) is 7.11 Å². The van der Waals surface area contributed by atoms with Crippen LogP contribution in [0.25, 0.3) is 10.8 Å². The van der Waals surface area contributed by atoms with Crippen LogP contribution in [0.3, 0.4) is 0 Å². The summed E-state index contributed by atoms with van der Waals surface area (Å²) in [7, 11) is 3.18. The zero-order valence-electron chi connectivity index (χ0n) is 12.0. The van der Waals surface area contributed by atoms with Gasteiger partial charge in [-0.1, -0.05) is 18.2 Å². The van der Waals surface area contributed by atoms with Gasteiger partial charge in [0.1, 0.15) is 11.9 Å². The van der Waals surface area contributed by atoms with E-state index in [1.165, 1.54) is 7.11 Å². The lowest BCUT2D eigenvalue weighted by molar-refractivity contribution is -0.130. The van der Waals surface area contributed by atoms with Crippen LogP contribution in [0, 0.1) is 0 Å². The molecule has 106 valence electrons. The molecule has 0 aliphatic carbocycles. The Hall–Kier alpha value is -2.07. The molecule has 2 aromatic rings. The Balaban J connectivity index is 2.10. The van der Waals surface area contributed by atoms with Crippen LogP contribution in [0.2, 0.25) is 0 Å². The van der Waals surface area contributed by atoms with Crippen molar-refractivity contribution in [2.75, 3.05) is 14.2 Å². The van der Waals surface area contributed by atoms with Crippen molar-refractivity contribution in [1.29, 1.82) is 0 Å². The van der Waals surface area contributed by atoms with E-state index in [1.54, 1.807) is 14.0 Å². The van der Waals surface area contributed by atoms with Crippen LogP contribution in [0.5, 0.6) is 5.75 Å². The van der Waals surface area contributed by atoms with Crippen molar-refractivity contribution < 1.29 is 14.3 Å². The molecule has 2 aromatic carbocycles. The summed E-state index contributed by atoms with van der Waals surface area (Å²) in [6, 6.07) is 12.0. The minimum atomic E-state index is -0.431. The lowest BCUT2D eigenvalue weighted by atomic mass is 10.1. The Kier molecular flexibility index (Phi) is 4.58. The van der Waals surface area contributed by atoms with Crippen LogP contribution in [-0.4, -0.2) is 26.2 Å². The Morgan fingerprint density at radius 1 is 1.15 bits per heavy atom.